The van der Waals surface area contributed by atoms with Crippen molar-refractivity contribution in [3.63, 3.8) is 0 Å². The molecule has 2 N–H and O–H groups in total. The van der Waals surface area contributed by atoms with E-state index in [0.717, 1.165) is 32.2 Å². The maximum atomic E-state index is 12.3. The second-order valence-corrected chi connectivity index (χ2v) is 11.2. The van der Waals surface area contributed by atoms with Gasteiger partial charge in [0.15, 0.2) is 0 Å². The van der Waals surface area contributed by atoms with E-state index in [9.17, 15) is 9.90 Å². The molecule has 1 fully saturated rings. The molecule has 0 saturated heterocycles. The van der Waals surface area contributed by atoms with E-state index in [1.54, 1.807) is 6.92 Å². The highest BCUT2D eigenvalue weighted by Crippen LogP contribution is 2.54. The molecule has 2 aromatic carbocycles. The molecule has 3 atom stereocenters. The van der Waals surface area contributed by atoms with Crippen molar-refractivity contribution in [2.75, 3.05) is 46.2 Å². The van der Waals surface area contributed by atoms with E-state index in [1.165, 1.54) is 22.4 Å². The number of nitrogens with one attached hydrogen (secondary N) is 1. The number of amides is 1. The molecule has 198 valence electrons. The molecule has 2 aliphatic carbocycles. The Morgan fingerprint density at radius 2 is 1.97 bits per heavy atom. The molecule has 4 rings (SSSR count). The molecule has 2 aromatic rings. The molecule has 1 amide bonds. The van der Waals surface area contributed by atoms with Gasteiger partial charge in [-0.25, -0.2) is 4.79 Å². The Kier molecular flexibility index (Phi) is 8.16. The number of hydrogen-bond donors (Lipinski definition) is 2. The highest BCUT2D eigenvalue weighted by Gasteiger charge is 2.51. The van der Waals surface area contributed by atoms with E-state index in [0.29, 0.717) is 31.1 Å². The highest BCUT2D eigenvalue weighted by molar-refractivity contribution is 5.70. The summed E-state index contributed by atoms with van der Waals surface area (Å²) >= 11 is 0. The van der Waals surface area contributed by atoms with Gasteiger partial charge in [-0.2, -0.15) is 0 Å². The van der Waals surface area contributed by atoms with Crippen molar-refractivity contribution >= 4 is 11.8 Å². The minimum atomic E-state index is -0.917. The zero-order valence-corrected chi connectivity index (χ0v) is 22.9. The van der Waals surface area contributed by atoms with Crippen molar-refractivity contribution in [3.05, 3.63) is 59.2 Å². The molecule has 37 heavy (non-hydrogen) atoms. The molecule has 0 aromatic heterocycles. The maximum Gasteiger partial charge on any atom is 0.412 e. The Morgan fingerprint density at radius 3 is 2.70 bits per heavy atom. The molecule has 1 saturated carbocycles. The predicted molar refractivity (Wildman–Crippen MR) is 149 cm³/mol. The number of carbonyl (C=O) groups is 1. The number of rotatable bonds is 7. The average molecular weight is 504 g/mol. The number of aliphatic hydroxyl groups is 1. The van der Waals surface area contributed by atoms with Crippen molar-refractivity contribution in [2.45, 2.75) is 56.5 Å². The number of hydrogen-bond acceptors (Lipinski definition) is 5. The van der Waals surface area contributed by atoms with Gasteiger partial charge in [0.1, 0.15) is 11.4 Å². The second-order valence-electron chi connectivity index (χ2n) is 11.2. The summed E-state index contributed by atoms with van der Waals surface area (Å²) < 4.78 is 5.62. The van der Waals surface area contributed by atoms with Gasteiger partial charge in [0, 0.05) is 38.3 Å². The van der Waals surface area contributed by atoms with E-state index in [2.05, 4.69) is 66.5 Å². The first-order valence-corrected chi connectivity index (χ1v) is 13.3. The van der Waals surface area contributed by atoms with Gasteiger partial charge in [0.05, 0.1) is 0 Å². The average Bonchev–Trinajstić information content (AvgIpc) is 2.84. The fraction of sp³-hybridized carbons (Fsp3) is 0.516. The summed E-state index contributed by atoms with van der Waals surface area (Å²) in [5.74, 6) is 6.97. The quantitative estimate of drug-likeness (QED) is 0.549. The van der Waals surface area contributed by atoms with Crippen LogP contribution in [0, 0.1) is 17.8 Å². The van der Waals surface area contributed by atoms with Crippen LogP contribution in [0.3, 0.4) is 0 Å². The molecule has 0 unspecified atom stereocenters. The second kappa shape index (κ2) is 11.2. The minimum absolute atomic E-state index is 0.0906. The van der Waals surface area contributed by atoms with Crippen LogP contribution in [-0.2, 0) is 18.3 Å². The van der Waals surface area contributed by atoms with Crippen molar-refractivity contribution in [2.24, 2.45) is 5.92 Å². The third-order valence-electron chi connectivity index (χ3n) is 8.07. The van der Waals surface area contributed by atoms with Gasteiger partial charge in [-0.3, -0.25) is 0 Å². The van der Waals surface area contributed by atoms with Crippen LogP contribution in [0.15, 0.2) is 42.5 Å². The SMILES string of the molecule is CC#C[C@@]1(O)CC[C@]2(Cc3cccc(N(C)C)c3)c3ccc(OC(=O)NCCN(C)C)cc3CC[C@H]2C1. The lowest BCUT2D eigenvalue weighted by Gasteiger charge is -2.52. The first kappa shape index (κ1) is 27.0. The smallest absolute Gasteiger partial charge is 0.410 e. The normalized spacial score (nSPS) is 24.4. The molecular weight excluding hydrogens is 462 g/mol. The monoisotopic (exact) mass is 503 g/mol. The number of ether oxygens (including phenoxy) is 1. The molecule has 0 radical (unpaired) electrons. The standard InChI is InChI=1S/C31H41N3O3/c1-6-14-30(36)15-16-31(21-23-8-7-9-26(19-23)34(4)5)25(22-30)11-10-24-20-27(12-13-28(24)31)37-29(35)32-17-18-33(2)3/h7-9,12-13,19-20,25,36H,10-11,15-18,21-22H2,1-5H3,(H,32,35)/t25-,30+,31+/m0/s1. The first-order valence-electron chi connectivity index (χ1n) is 13.3. The zero-order chi connectivity index (χ0) is 26.6. The summed E-state index contributed by atoms with van der Waals surface area (Å²) in [6, 6.07) is 14.9. The maximum absolute atomic E-state index is 12.3. The number of benzene rings is 2. The van der Waals surface area contributed by atoms with Gasteiger partial charge in [-0.15, -0.1) is 5.92 Å². The molecule has 0 spiro atoms. The minimum Gasteiger partial charge on any atom is -0.410 e. The van der Waals surface area contributed by atoms with E-state index < -0.39 is 11.7 Å². The fourth-order valence-corrected chi connectivity index (χ4v) is 6.24. The van der Waals surface area contributed by atoms with Gasteiger partial charge in [0.25, 0.3) is 0 Å². The lowest BCUT2D eigenvalue weighted by molar-refractivity contribution is -0.00804. The van der Waals surface area contributed by atoms with Gasteiger partial charge < -0.3 is 25.0 Å². The van der Waals surface area contributed by atoms with E-state index in [1.807, 2.05) is 31.1 Å². The van der Waals surface area contributed by atoms with Gasteiger partial charge >= 0.3 is 6.09 Å². The molecule has 6 heteroatoms. The van der Waals surface area contributed by atoms with Crippen molar-refractivity contribution < 1.29 is 14.6 Å². The molecule has 6 nitrogen and oxygen atoms in total. The highest BCUT2D eigenvalue weighted by atomic mass is 16.6. The largest absolute Gasteiger partial charge is 0.412 e. The topological polar surface area (TPSA) is 65.0 Å². The van der Waals surface area contributed by atoms with Crippen LogP contribution in [0.1, 0.15) is 49.3 Å². The summed E-state index contributed by atoms with van der Waals surface area (Å²) in [5, 5.41) is 14.1. The number of carbonyl (C=O) groups excluding carboxylic acids is 1. The summed E-state index contributed by atoms with van der Waals surface area (Å²) in [6.45, 7) is 3.10. The fourth-order valence-electron chi connectivity index (χ4n) is 6.24. The summed E-state index contributed by atoms with van der Waals surface area (Å²) in [7, 11) is 8.07. The Hall–Kier alpha value is -3.01. The van der Waals surface area contributed by atoms with Crippen LogP contribution < -0.4 is 15.0 Å². The van der Waals surface area contributed by atoms with Crippen LogP contribution in [0.25, 0.3) is 0 Å². The Bertz CT molecular complexity index is 1180. The molecule has 0 aliphatic heterocycles. The van der Waals surface area contributed by atoms with Crippen LogP contribution in [-0.4, -0.2) is 63.0 Å². The van der Waals surface area contributed by atoms with Crippen LogP contribution in [0.4, 0.5) is 10.5 Å². The summed E-state index contributed by atoms with van der Waals surface area (Å²) in [5.41, 5.74) is 4.05. The van der Waals surface area contributed by atoms with E-state index >= 15 is 0 Å². The van der Waals surface area contributed by atoms with Gasteiger partial charge in [-0.05, 0) is 106 Å². The molecule has 0 bridgehead atoms. The van der Waals surface area contributed by atoms with Crippen LogP contribution in [0.2, 0.25) is 0 Å². The van der Waals surface area contributed by atoms with Crippen molar-refractivity contribution in [1.29, 1.82) is 0 Å². The molecule has 0 heterocycles. The number of aryl methyl sites for hydroxylation is 1. The number of nitrogens with zero attached hydrogens (tertiary/aromatic N) is 2. The van der Waals surface area contributed by atoms with Crippen LogP contribution >= 0.6 is 0 Å². The Labute approximate surface area is 222 Å². The molecular formula is C31H41N3O3. The number of anilines is 1. The van der Waals surface area contributed by atoms with Crippen molar-refractivity contribution in [1.82, 2.24) is 10.2 Å². The lowest BCUT2D eigenvalue weighted by atomic mass is 9.52. The Morgan fingerprint density at radius 1 is 1.16 bits per heavy atom. The lowest BCUT2D eigenvalue weighted by Crippen LogP contribution is -2.50. The van der Waals surface area contributed by atoms with Crippen molar-refractivity contribution in [3.8, 4) is 17.6 Å². The third-order valence-corrected chi connectivity index (χ3v) is 8.07. The zero-order valence-electron chi connectivity index (χ0n) is 22.9. The number of fused-ring (bicyclic) bond motifs is 3. The summed E-state index contributed by atoms with van der Waals surface area (Å²) in [6.07, 6.45) is 4.57. The third kappa shape index (κ3) is 6.11. The Balaban J connectivity index is 1.64. The first-order chi connectivity index (χ1) is 17.6. The van der Waals surface area contributed by atoms with E-state index in [4.69, 9.17) is 4.74 Å². The van der Waals surface area contributed by atoms with Gasteiger partial charge in [0.2, 0.25) is 0 Å². The predicted octanol–water partition coefficient (Wildman–Crippen LogP) is 4.38. The van der Waals surface area contributed by atoms with Crippen LogP contribution in [0.5, 0.6) is 5.75 Å². The number of likely N-dealkylation sites (N-methyl/N-ethyl adjacent to an activating group) is 1. The summed E-state index contributed by atoms with van der Waals surface area (Å²) in [4.78, 5) is 16.5. The van der Waals surface area contributed by atoms with Gasteiger partial charge in [-0.1, -0.05) is 24.1 Å². The van der Waals surface area contributed by atoms with E-state index in [-0.39, 0.29) is 5.41 Å². The molecule has 2 aliphatic rings.